The summed E-state index contributed by atoms with van der Waals surface area (Å²) in [7, 11) is 0. The molecule has 1 aliphatic heterocycles. The van der Waals surface area contributed by atoms with E-state index in [1.165, 1.54) is 5.56 Å². The summed E-state index contributed by atoms with van der Waals surface area (Å²) in [6.45, 7) is 4.98. The van der Waals surface area contributed by atoms with E-state index >= 15 is 0 Å². The van der Waals surface area contributed by atoms with Crippen molar-refractivity contribution in [2.75, 3.05) is 13.1 Å². The summed E-state index contributed by atoms with van der Waals surface area (Å²) in [5.74, 6) is 1.07. The third-order valence-corrected chi connectivity index (χ3v) is 2.32. The van der Waals surface area contributed by atoms with Crippen molar-refractivity contribution in [2.24, 2.45) is 5.73 Å². The summed E-state index contributed by atoms with van der Waals surface area (Å²) in [4.78, 5) is 2.29. The van der Waals surface area contributed by atoms with Crippen molar-refractivity contribution in [3.05, 3.63) is 23.7 Å². The van der Waals surface area contributed by atoms with Crippen molar-refractivity contribution < 1.29 is 4.42 Å². The molecule has 0 atom stereocenters. The van der Waals surface area contributed by atoms with Gasteiger partial charge in [-0.15, -0.1) is 0 Å². The summed E-state index contributed by atoms with van der Waals surface area (Å²) in [5, 5.41) is 0. The van der Waals surface area contributed by atoms with Crippen molar-refractivity contribution in [3.8, 4) is 0 Å². The normalized spacial score (nSPS) is 19.5. The average Bonchev–Trinajstić information content (AvgIpc) is 2.33. The maximum Gasteiger partial charge on any atom is 0.120 e. The zero-order valence-electron chi connectivity index (χ0n) is 7.29. The zero-order valence-corrected chi connectivity index (χ0v) is 7.29. The standard InChI is InChI=1S/C9H14N2O/c1-7-2-3-12-9(7)6-11-4-8(10)5-11/h2-3,8H,4-6,10H2,1H3. The van der Waals surface area contributed by atoms with Crippen molar-refractivity contribution in [2.45, 2.75) is 19.5 Å². The maximum atomic E-state index is 5.66. The molecular weight excluding hydrogens is 152 g/mol. The molecule has 0 spiro atoms. The molecule has 1 saturated heterocycles. The van der Waals surface area contributed by atoms with Crippen LogP contribution < -0.4 is 5.73 Å². The fourth-order valence-electron chi connectivity index (χ4n) is 1.51. The highest BCUT2D eigenvalue weighted by Crippen LogP contribution is 2.15. The second-order valence-corrected chi connectivity index (χ2v) is 3.48. The largest absolute Gasteiger partial charge is 0.468 e. The molecule has 0 aliphatic carbocycles. The first-order valence-corrected chi connectivity index (χ1v) is 4.26. The molecule has 0 saturated carbocycles. The predicted octanol–water partition coefficient (Wildman–Crippen LogP) is 0.731. The summed E-state index contributed by atoms with van der Waals surface area (Å²) in [6, 6.07) is 2.37. The molecule has 66 valence electrons. The number of nitrogens with zero attached hydrogens (tertiary/aromatic N) is 1. The average molecular weight is 166 g/mol. The smallest absolute Gasteiger partial charge is 0.120 e. The van der Waals surface area contributed by atoms with Crippen LogP contribution >= 0.6 is 0 Å². The van der Waals surface area contributed by atoms with Crippen LogP contribution in [0, 0.1) is 6.92 Å². The molecule has 0 bridgehead atoms. The van der Waals surface area contributed by atoms with Crippen LogP contribution in [0.3, 0.4) is 0 Å². The molecule has 1 aromatic rings. The van der Waals surface area contributed by atoms with Crippen molar-refractivity contribution in [1.82, 2.24) is 4.90 Å². The molecule has 1 fully saturated rings. The fourth-order valence-corrected chi connectivity index (χ4v) is 1.51. The monoisotopic (exact) mass is 166 g/mol. The Morgan fingerprint density at radius 2 is 2.42 bits per heavy atom. The zero-order chi connectivity index (χ0) is 8.55. The molecule has 1 aromatic heterocycles. The minimum absolute atomic E-state index is 0.375. The van der Waals surface area contributed by atoms with E-state index in [9.17, 15) is 0 Å². The number of aryl methyl sites for hydroxylation is 1. The third kappa shape index (κ3) is 1.38. The Hall–Kier alpha value is -0.800. The summed E-state index contributed by atoms with van der Waals surface area (Å²) >= 11 is 0. The van der Waals surface area contributed by atoms with E-state index in [2.05, 4.69) is 11.8 Å². The van der Waals surface area contributed by atoms with E-state index in [1.54, 1.807) is 6.26 Å². The van der Waals surface area contributed by atoms with Crippen molar-refractivity contribution >= 4 is 0 Å². The van der Waals surface area contributed by atoms with Crippen LogP contribution in [0.2, 0.25) is 0 Å². The summed E-state index contributed by atoms with van der Waals surface area (Å²) in [5.41, 5.74) is 6.90. The first kappa shape index (κ1) is 7.83. The van der Waals surface area contributed by atoms with Crippen molar-refractivity contribution in [3.63, 3.8) is 0 Å². The quantitative estimate of drug-likeness (QED) is 0.704. The third-order valence-electron chi connectivity index (χ3n) is 2.32. The number of likely N-dealkylation sites (tertiary alicyclic amines) is 1. The van der Waals surface area contributed by atoms with E-state index < -0.39 is 0 Å². The van der Waals surface area contributed by atoms with Gasteiger partial charge >= 0.3 is 0 Å². The van der Waals surface area contributed by atoms with Gasteiger partial charge < -0.3 is 10.2 Å². The van der Waals surface area contributed by atoms with Crippen LogP contribution in [0.25, 0.3) is 0 Å². The van der Waals surface area contributed by atoms with Crippen LogP contribution in [-0.4, -0.2) is 24.0 Å². The molecule has 0 amide bonds. The highest BCUT2D eigenvalue weighted by Gasteiger charge is 2.23. The van der Waals surface area contributed by atoms with Crippen LogP contribution in [0.5, 0.6) is 0 Å². The molecule has 2 heterocycles. The van der Waals surface area contributed by atoms with E-state index in [0.717, 1.165) is 25.4 Å². The number of nitrogens with two attached hydrogens (primary N) is 1. The molecule has 12 heavy (non-hydrogen) atoms. The number of furan rings is 1. The lowest BCUT2D eigenvalue weighted by molar-refractivity contribution is 0.131. The Kier molecular flexibility index (Phi) is 1.90. The van der Waals surface area contributed by atoms with Gasteiger partial charge in [-0.05, 0) is 18.6 Å². The Bertz CT molecular complexity index is 263. The van der Waals surface area contributed by atoms with Crippen LogP contribution in [0.4, 0.5) is 0 Å². The van der Waals surface area contributed by atoms with Gasteiger partial charge in [-0.3, -0.25) is 4.90 Å². The van der Waals surface area contributed by atoms with Crippen LogP contribution in [0.15, 0.2) is 16.7 Å². The second-order valence-electron chi connectivity index (χ2n) is 3.48. The van der Waals surface area contributed by atoms with Gasteiger partial charge in [0.15, 0.2) is 0 Å². The lowest BCUT2D eigenvalue weighted by atomic mass is 10.1. The SMILES string of the molecule is Cc1ccoc1CN1CC(N)C1. The number of rotatable bonds is 2. The predicted molar refractivity (Wildman–Crippen MR) is 46.7 cm³/mol. The lowest BCUT2D eigenvalue weighted by Gasteiger charge is -2.36. The van der Waals surface area contributed by atoms with Gasteiger partial charge in [0.25, 0.3) is 0 Å². The first-order valence-electron chi connectivity index (χ1n) is 4.26. The number of hydrogen-bond acceptors (Lipinski definition) is 3. The van der Waals surface area contributed by atoms with Gasteiger partial charge in [-0.2, -0.15) is 0 Å². The first-order chi connectivity index (χ1) is 5.75. The Labute approximate surface area is 72.1 Å². The minimum atomic E-state index is 0.375. The maximum absolute atomic E-state index is 5.66. The topological polar surface area (TPSA) is 42.4 Å². The molecule has 3 heteroatoms. The molecule has 2 rings (SSSR count). The molecule has 3 nitrogen and oxygen atoms in total. The Morgan fingerprint density at radius 1 is 1.67 bits per heavy atom. The minimum Gasteiger partial charge on any atom is -0.468 e. The van der Waals surface area contributed by atoms with Crippen molar-refractivity contribution in [1.29, 1.82) is 0 Å². The molecule has 0 aromatic carbocycles. The highest BCUT2D eigenvalue weighted by molar-refractivity contribution is 5.14. The summed E-state index contributed by atoms with van der Waals surface area (Å²) < 4.78 is 5.32. The van der Waals surface area contributed by atoms with Gasteiger partial charge in [0, 0.05) is 19.1 Å². The molecule has 0 unspecified atom stereocenters. The fraction of sp³-hybridized carbons (Fsp3) is 0.556. The molecule has 2 N–H and O–H groups in total. The Balaban J connectivity index is 1.92. The van der Waals surface area contributed by atoms with E-state index in [0.29, 0.717) is 6.04 Å². The van der Waals surface area contributed by atoms with Gasteiger partial charge in [0.05, 0.1) is 12.8 Å². The Morgan fingerprint density at radius 3 is 2.92 bits per heavy atom. The van der Waals surface area contributed by atoms with E-state index in [1.807, 2.05) is 6.07 Å². The van der Waals surface area contributed by atoms with Gasteiger partial charge in [0.2, 0.25) is 0 Å². The lowest BCUT2D eigenvalue weighted by Crippen LogP contribution is -2.54. The second kappa shape index (κ2) is 2.92. The highest BCUT2D eigenvalue weighted by atomic mass is 16.3. The summed E-state index contributed by atoms with van der Waals surface area (Å²) in [6.07, 6.45) is 1.74. The number of hydrogen-bond donors (Lipinski definition) is 1. The van der Waals surface area contributed by atoms with Crippen LogP contribution in [0.1, 0.15) is 11.3 Å². The molecule has 1 aliphatic rings. The molecular formula is C9H14N2O. The van der Waals surface area contributed by atoms with Gasteiger partial charge in [-0.1, -0.05) is 0 Å². The van der Waals surface area contributed by atoms with Crippen LogP contribution in [-0.2, 0) is 6.54 Å². The molecule has 0 radical (unpaired) electrons. The van der Waals surface area contributed by atoms with Gasteiger partial charge in [0.1, 0.15) is 5.76 Å². The van der Waals surface area contributed by atoms with E-state index in [4.69, 9.17) is 10.2 Å². The van der Waals surface area contributed by atoms with E-state index in [-0.39, 0.29) is 0 Å². The van der Waals surface area contributed by atoms with Gasteiger partial charge in [-0.25, -0.2) is 0 Å².